The minimum Gasteiger partial charge on any atom is -0.496 e. The van der Waals surface area contributed by atoms with Crippen LogP contribution in [0.2, 0.25) is 0 Å². The highest BCUT2D eigenvalue weighted by Gasteiger charge is 2.34. The van der Waals surface area contributed by atoms with E-state index in [1.54, 1.807) is 12.1 Å². The second-order valence-electron chi connectivity index (χ2n) is 8.37. The Hall–Kier alpha value is -4.08. The lowest BCUT2D eigenvalue weighted by molar-refractivity contribution is -0.138. The molecule has 0 unspecified atom stereocenters. The maximum Gasteiger partial charge on any atom is 0.419 e. The molecule has 4 aromatic rings. The van der Waals surface area contributed by atoms with Gasteiger partial charge >= 0.3 is 6.18 Å². The van der Waals surface area contributed by atoms with Gasteiger partial charge in [0.1, 0.15) is 17.6 Å². The third-order valence-corrected chi connectivity index (χ3v) is 6.16. The highest BCUT2D eigenvalue weighted by atomic mass is 19.4. The van der Waals surface area contributed by atoms with E-state index in [1.807, 2.05) is 26.0 Å². The maximum atomic E-state index is 13.3. The van der Waals surface area contributed by atoms with Gasteiger partial charge < -0.3 is 20.4 Å². The van der Waals surface area contributed by atoms with Gasteiger partial charge in [-0.1, -0.05) is 19.9 Å². The number of methoxy groups -OCH3 is 1. The SMILES string of the molecule is CC.COc1ccc(CC(=O)Nc2ccc(-n3c4c(c5ncnc(N)c53)CCC4)cc2)cc1C(F)(F)F. The van der Waals surface area contributed by atoms with E-state index in [0.717, 1.165) is 47.7 Å². The first kappa shape index (κ1) is 26.0. The zero-order valence-electron chi connectivity index (χ0n) is 20.8. The molecule has 1 aliphatic rings. The molecule has 0 spiro atoms. The number of nitrogens with one attached hydrogen (secondary N) is 1. The van der Waals surface area contributed by atoms with E-state index >= 15 is 0 Å². The molecule has 2 heterocycles. The van der Waals surface area contributed by atoms with E-state index in [-0.39, 0.29) is 17.7 Å². The molecular weight excluding hydrogens is 483 g/mol. The Morgan fingerprint density at radius 3 is 2.51 bits per heavy atom. The number of halogens is 3. The fraction of sp³-hybridized carbons (Fsp3) is 0.296. The van der Waals surface area contributed by atoms with Crippen LogP contribution in [0.1, 0.15) is 42.7 Å². The molecular formula is C27H28F3N5O2. The molecule has 0 saturated heterocycles. The van der Waals surface area contributed by atoms with Crippen molar-refractivity contribution in [3.8, 4) is 11.4 Å². The number of nitrogen functional groups attached to an aromatic ring is 1. The first-order valence-electron chi connectivity index (χ1n) is 12.0. The summed E-state index contributed by atoms with van der Waals surface area (Å²) in [6.45, 7) is 4.00. The van der Waals surface area contributed by atoms with Gasteiger partial charge in [0, 0.05) is 17.1 Å². The molecule has 0 saturated carbocycles. The second kappa shape index (κ2) is 10.5. The van der Waals surface area contributed by atoms with Gasteiger partial charge in [-0.25, -0.2) is 9.97 Å². The minimum atomic E-state index is -4.58. The number of carbonyl (C=O) groups excluding carboxylic acids is 1. The quantitative estimate of drug-likeness (QED) is 0.357. The van der Waals surface area contributed by atoms with Crippen molar-refractivity contribution in [2.24, 2.45) is 0 Å². The summed E-state index contributed by atoms with van der Waals surface area (Å²) in [6.07, 6.45) is -0.431. The predicted octanol–water partition coefficient (Wildman–Crippen LogP) is 5.73. The molecule has 3 N–H and O–H groups in total. The third kappa shape index (κ3) is 5.09. The molecule has 0 aliphatic heterocycles. The number of nitrogens with two attached hydrogens (primary N) is 1. The lowest BCUT2D eigenvalue weighted by Crippen LogP contribution is -2.15. The van der Waals surface area contributed by atoms with Crippen LogP contribution >= 0.6 is 0 Å². The number of nitrogens with zero attached hydrogens (tertiary/aromatic N) is 3. The molecule has 2 aromatic carbocycles. The number of hydrogen-bond donors (Lipinski definition) is 2. The summed E-state index contributed by atoms with van der Waals surface area (Å²) in [7, 11) is 1.17. The van der Waals surface area contributed by atoms with Gasteiger partial charge in [-0.3, -0.25) is 4.79 Å². The molecule has 1 amide bonds. The first-order valence-corrected chi connectivity index (χ1v) is 12.0. The monoisotopic (exact) mass is 511 g/mol. The summed E-state index contributed by atoms with van der Waals surface area (Å²) in [5.41, 5.74) is 10.9. The molecule has 0 fully saturated rings. The topological polar surface area (TPSA) is 95.1 Å². The smallest absolute Gasteiger partial charge is 0.419 e. The van der Waals surface area contributed by atoms with Crippen LogP contribution in [0, 0.1) is 0 Å². The summed E-state index contributed by atoms with van der Waals surface area (Å²) < 4.78 is 46.6. The largest absolute Gasteiger partial charge is 0.496 e. The lowest BCUT2D eigenvalue weighted by atomic mass is 10.1. The van der Waals surface area contributed by atoms with Crippen molar-refractivity contribution in [1.29, 1.82) is 0 Å². The van der Waals surface area contributed by atoms with Gasteiger partial charge in [0.2, 0.25) is 5.91 Å². The first-order chi connectivity index (χ1) is 17.8. The normalized spacial score (nSPS) is 12.6. The van der Waals surface area contributed by atoms with E-state index in [1.165, 1.54) is 31.1 Å². The van der Waals surface area contributed by atoms with Crippen molar-refractivity contribution >= 4 is 28.4 Å². The number of aromatic nitrogens is 3. The van der Waals surface area contributed by atoms with Gasteiger partial charge in [-0.05, 0) is 66.8 Å². The molecule has 10 heteroatoms. The number of rotatable bonds is 5. The van der Waals surface area contributed by atoms with E-state index in [2.05, 4.69) is 19.9 Å². The molecule has 37 heavy (non-hydrogen) atoms. The number of amides is 1. The highest BCUT2D eigenvalue weighted by Crippen LogP contribution is 2.37. The average molecular weight is 512 g/mol. The van der Waals surface area contributed by atoms with Crippen molar-refractivity contribution in [3.05, 3.63) is 71.2 Å². The Morgan fingerprint density at radius 2 is 1.84 bits per heavy atom. The molecule has 0 bridgehead atoms. The molecule has 1 aliphatic carbocycles. The van der Waals surface area contributed by atoms with Crippen LogP contribution in [0.25, 0.3) is 16.7 Å². The van der Waals surface area contributed by atoms with E-state index in [0.29, 0.717) is 11.5 Å². The van der Waals surface area contributed by atoms with Crippen LogP contribution in [0.4, 0.5) is 24.7 Å². The Kier molecular flexibility index (Phi) is 7.37. The fourth-order valence-electron chi connectivity index (χ4n) is 4.65. The number of anilines is 2. The summed E-state index contributed by atoms with van der Waals surface area (Å²) in [5.74, 6) is -0.312. The highest BCUT2D eigenvalue weighted by molar-refractivity contribution is 5.93. The number of alkyl halides is 3. The van der Waals surface area contributed by atoms with Gasteiger partial charge in [0.15, 0.2) is 5.82 Å². The summed E-state index contributed by atoms with van der Waals surface area (Å²) in [4.78, 5) is 21.1. The molecule has 5 rings (SSSR count). The number of aryl methyl sites for hydroxylation is 1. The van der Waals surface area contributed by atoms with Crippen LogP contribution in [0.3, 0.4) is 0 Å². The number of fused-ring (bicyclic) bond motifs is 3. The Labute approximate surface area is 212 Å². The number of hydrogen-bond acceptors (Lipinski definition) is 5. The zero-order chi connectivity index (χ0) is 26.7. The van der Waals surface area contributed by atoms with Crippen LogP contribution < -0.4 is 15.8 Å². The number of carbonyl (C=O) groups is 1. The van der Waals surface area contributed by atoms with Crippen molar-refractivity contribution in [3.63, 3.8) is 0 Å². The summed E-state index contributed by atoms with van der Waals surface area (Å²) >= 11 is 0. The Morgan fingerprint density at radius 1 is 1.11 bits per heavy atom. The molecule has 2 aromatic heterocycles. The van der Waals surface area contributed by atoms with E-state index < -0.39 is 17.6 Å². The van der Waals surface area contributed by atoms with Gasteiger partial charge in [-0.15, -0.1) is 0 Å². The van der Waals surface area contributed by atoms with E-state index in [9.17, 15) is 18.0 Å². The van der Waals surface area contributed by atoms with Crippen LogP contribution in [-0.2, 0) is 30.2 Å². The van der Waals surface area contributed by atoms with Crippen LogP contribution in [-0.4, -0.2) is 27.6 Å². The van der Waals surface area contributed by atoms with Crippen molar-refractivity contribution in [2.75, 3.05) is 18.2 Å². The summed E-state index contributed by atoms with van der Waals surface area (Å²) in [5, 5.41) is 2.74. The summed E-state index contributed by atoms with van der Waals surface area (Å²) in [6, 6.07) is 10.8. The third-order valence-electron chi connectivity index (χ3n) is 6.16. The van der Waals surface area contributed by atoms with Crippen molar-refractivity contribution < 1.29 is 22.7 Å². The molecule has 7 nitrogen and oxygen atoms in total. The molecule has 0 atom stereocenters. The molecule has 194 valence electrons. The Bertz CT molecular complexity index is 1430. The molecule has 0 radical (unpaired) electrons. The number of benzene rings is 2. The lowest BCUT2D eigenvalue weighted by Gasteiger charge is -2.14. The van der Waals surface area contributed by atoms with Gasteiger partial charge in [0.05, 0.1) is 24.6 Å². The fourth-order valence-corrected chi connectivity index (χ4v) is 4.65. The van der Waals surface area contributed by atoms with E-state index in [4.69, 9.17) is 10.5 Å². The maximum absolute atomic E-state index is 13.3. The average Bonchev–Trinajstić information content (AvgIpc) is 3.47. The van der Waals surface area contributed by atoms with Crippen molar-refractivity contribution in [1.82, 2.24) is 14.5 Å². The number of ether oxygens (including phenoxy) is 1. The van der Waals surface area contributed by atoms with Gasteiger partial charge in [-0.2, -0.15) is 13.2 Å². The standard InChI is InChI=1S/C25H22F3N5O2.C2H6/c1-35-20-10-5-14(11-18(20)25(26,27)28)12-21(34)32-15-6-8-16(9-7-15)33-19-4-2-3-17(19)22-23(33)24(29)31-13-30-22;1-2/h5-11,13H,2-4,12H2,1H3,(H,32,34)(H2,29,30,31);1-2H3. The minimum absolute atomic E-state index is 0.210. The van der Waals surface area contributed by atoms with Crippen molar-refractivity contribution in [2.45, 2.75) is 45.7 Å². The van der Waals surface area contributed by atoms with Crippen LogP contribution in [0.5, 0.6) is 5.75 Å². The second-order valence-corrected chi connectivity index (χ2v) is 8.37. The zero-order valence-corrected chi connectivity index (χ0v) is 20.8. The van der Waals surface area contributed by atoms with Crippen LogP contribution in [0.15, 0.2) is 48.8 Å². The predicted molar refractivity (Wildman–Crippen MR) is 137 cm³/mol. The Balaban J connectivity index is 0.00000156. The van der Waals surface area contributed by atoms with Gasteiger partial charge in [0.25, 0.3) is 0 Å².